The molecule has 0 fully saturated rings. The second kappa shape index (κ2) is 10.5. The molecular weight excluding hydrogens is 503 g/mol. The fourth-order valence-corrected chi connectivity index (χ4v) is 4.21. The third kappa shape index (κ3) is 5.62. The van der Waals surface area contributed by atoms with Gasteiger partial charge in [0.15, 0.2) is 11.0 Å². The van der Waals surface area contributed by atoms with Gasteiger partial charge < -0.3 is 10.1 Å². The Bertz CT molecular complexity index is 1300. The zero-order chi connectivity index (χ0) is 23.4. The van der Waals surface area contributed by atoms with E-state index in [4.69, 9.17) is 39.5 Å². The van der Waals surface area contributed by atoms with Crippen molar-refractivity contribution in [2.45, 2.75) is 5.16 Å². The third-order valence-electron chi connectivity index (χ3n) is 4.58. The Labute approximate surface area is 209 Å². The van der Waals surface area contributed by atoms with Crippen LogP contribution in [0.5, 0.6) is 5.75 Å². The molecule has 0 radical (unpaired) electrons. The van der Waals surface area contributed by atoms with Crippen molar-refractivity contribution in [3.63, 3.8) is 0 Å². The Morgan fingerprint density at radius 1 is 1.00 bits per heavy atom. The van der Waals surface area contributed by atoms with E-state index in [1.54, 1.807) is 37.4 Å². The van der Waals surface area contributed by atoms with Crippen molar-refractivity contribution < 1.29 is 9.53 Å². The molecule has 1 N–H and O–H groups in total. The minimum absolute atomic E-state index is 0.115. The van der Waals surface area contributed by atoms with Gasteiger partial charge in [-0.05, 0) is 54.6 Å². The van der Waals surface area contributed by atoms with Gasteiger partial charge in [-0.3, -0.25) is 9.36 Å². The fraction of sp³-hybridized carbons (Fsp3) is 0.0870. The maximum Gasteiger partial charge on any atom is 0.234 e. The molecule has 0 aliphatic heterocycles. The first-order valence-electron chi connectivity index (χ1n) is 9.68. The van der Waals surface area contributed by atoms with Crippen LogP contribution in [-0.2, 0) is 4.79 Å². The highest BCUT2D eigenvalue weighted by Gasteiger charge is 2.18. The molecule has 1 heterocycles. The lowest BCUT2D eigenvalue weighted by Crippen LogP contribution is -2.14. The van der Waals surface area contributed by atoms with Crippen molar-refractivity contribution in [3.8, 4) is 22.8 Å². The van der Waals surface area contributed by atoms with E-state index in [1.807, 2.05) is 41.0 Å². The van der Waals surface area contributed by atoms with Crippen molar-refractivity contribution in [2.24, 2.45) is 0 Å². The Morgan fingerprint density at radius 3 is 2.52 bits per heavy atom. The summed E-state index contributed by atoms with van der Waals surface area (Å²) >= 11 is 19.3. The molecule has 0 aliphatic rings. The van der Waals surface area contributed by atoms with Crippen molar-refractivity contribution in [1.29, 1.82) is 0 Å². The summed E-state index contributed by atoms with van der Waals surface area (Å²) in [6.45, 7) is 0. The number of thioether (sulfide) groups is 1. The van der Waals surface area contributed by atoms with Gasteiger partial charge in [0.05, 0.1) is 22.9 Å². The van der Waals surface area contributed by atoms with Gasteiger partial charge >= 0.3 is 0 Å². The second-order valence-corrected chi connectivity index (χ2v) is 9.01. The molecule has 0 saturated carbocycles. The first-order valence-corrected chi connectivity index (χ1v) is 11.8. The van der Waals surface area contributed by atoms with Crippen LogP contribution in [-0.4, -0.2) is 33.5 Å². The number of methoxy groups -OCH3 is 1. The predicted molar refractivity (Wildman–Crippen MR) is 134 cm³/mol. The smallest absolute Gasteiger partial charge is 0.234 e. The molecule has 0 bridgehead atoms. The summed E-state index contributed by atoms with van der Waals surface area (Å²) in [5, 5.41) is 13.5. The summed E-state index contributed by atoms with van der Waals surface area (Å²) < 4.78 is 7.22. The summed E-state index contributed by atoms with van der Waals surface area (Å²) in [6, 6.07) is 19.8. The number of nitrogens with zero attached hydrogens (tertiary/aromatic N) is 3. The number of benzene rings is 3. The van der Waals surface area contributed by atoms with Crippen LogP contribution in [0.2, 0.25) is 15.1 Å². The molecule has 0 aliphatic carbocycles. The molecule has 4 aromatic rings. The zero-order valence-corrected chi connectivity index (χ0v) is 20.3. The number of carbonyl (C=O) groups is 1. The van der Waals surface area contributed by atoms with E-state index in [1.165, 1.54) is 11.8 Å². The van der Waals surface area contributed by atoms with Gasteiger partial charge in [0.2, 0.25) is 5.91 Å². The number of aromatic nitrogens is 3. The zero-order valence-electron chi connectivity index (χ0n) is 17.3. The molecule has 0 saturated heterocycles. The largest absolute Gasteiger partial charge is 0.497 e. The lowest BCUT2D eigenvalue weighted by molar-refractivity contribution is -0.113. The summed E-state index contributed by atoms with van der Waals surface area (Å²) in [4.78, 5) is 12.5. The molecule has 10 heteroatoms. The molecule has 0 unspecified atom stereocenters. The summed E-state index contributed by atoms with van der Waals surface area (Å²) in [5.74, 6) is 1.22. The van der Waals surface area contributed by atoms with Crippen LogP contribution in [0.4, 0.5) is 5.69 Å². The Kier molecular flexibility index (Phi) is 7.45. The minimum Gasteiger partial charge on any atom is -0.497 e. The molecular formula is C23H17Cl3N4O2S. The SMILES string of the molecule is COc1cccc(-c2nnc(SCC(=O)Nc3ccc(Cl)c(Cl)c3)n2-c2ccc(Cl)cc2)c1. The van der Waals surface area contributed by atoms with E-state index >= 15 is 0 Å². The summed E-state index contributed by atoms with van der Waals surface area (Å²) in [7, 11) is 1.61. The average molecular weight is 520 g/mol. The Balaban J connectivity index is 1.60. The number of anilines is 1. The number of carbonyl (C=O) groups excluding carboxylic acids is 1. The van der Waals surface area contributed by atoms with Crippen LogP contribution in [0, 0.1) is 0 Å². The van der Waals surface area contributed by atoms with Crippen LogP contribution >= 0.6 is 46.6 Å². The molecule has 33 heavy (non-hydrogen) atoms. The molecule has 1 aromatic heterocycles. The van der Waals surface area contributed by atoms with E-state index in [0.717, 1.165) is 11.3 Å². The van der Waals surface area contributed by atoms with Crippen LogP contribution < -0.4 is 10.1 Å². The molecule has 4 rings (SSSR count). The molecule has 0 spiro atoms. The van der Waals surface area contributed by atoms with Gasteiger partial charge in [-0.25, -0.2) is 0 Å². The predicted octanol–water partition coefficient (Wildman–Crippen LogP) is 6.63. The minimum atomic E-state index is -0.216. The molecule has 6 nitrogen and oxygen atoms in total. The standard InChI is InChI=1S/C23H17Cl3N4O2S/c1-32-18-4-2-3-14(11-18)22-28-29-23(30(22)17-8-5-15(24)6-9-17)33-13-21(31)27-16-7-10-19(25)20(26)12-16/h2-12H,13H2,1H3,(H,27,31). The van der Waals surface area contributed by atoms with Crippen molar-refractivity contribution in [2.75, 3.05) is 18.2 Å². The lowest BCUT2D eigenvalue weighted by Gasteiger charge is -2.11. The molecule has 0 atom stereocenters. The number of amides is 1. The second-order valence-electron chi connectivity index (χ2n) is 6.82. The fourth-order valence-electron chi connectivity index (χ4n) is 3.04. The van der Waals surface area contributed by atoms with Crippen LogP contribution in [0.3, 0.4) is 0 Å². The highest BCUT2D eigenvalue weighted by atomic mass is 35.5. The monoisotopic (exact) mass is 518 g/mol. The third-order valence-corrected chi connectivity index (χ3v) is 6.50. The highest BCUT2D eigenvalue weighted by Crippen LogP contribution is 2.30. The van der Waals surface area contributed by atoms with Gasteiger partial charge in [0.25, 0.3) is 0 Å². The molecule has 168 valence electrons. The van der Waals surface area contributed by atoms with Gasteiger partial charge in [0.1, 0.15) is 5.75 Å². The number of nitrogens with one attached hydrogen (secondary N) is 1. The molecule has 3 aromatic carbocycles. The first kappa shape index (κ1) is 23.4. The summed E-state index contributed by atoms with van der Waals surface area (Å²) in [6.07, 6.45) is 0. The number of rotatable bonds is 7. The average Bonchev–Trinajstić information content (AvgIpc) is 3.24. The van der Waals surface area contributed by atoms with Crippen LogP contribution in [0.25, 0.3) is 17.1 Å². The lowest BCUT2D eigenvalue weighted by atomic mass is 10.2. The number of hydrogen-bond donors (Lipinski definition) is 1. The Hall–Kier alpha value is -2.71. The number of ether oxygens (including phenoxy) is 1. The topological polar surface area (TPSA) is 69.0 Å². The normalized spacial score (nSPS) is 10.8. The van der Waals surface area contributed by atoms with Crippen molar-refractivity contribution >= 4 is 58.2 Å². The summed E-state index contributed by atoms with van der Waals surface area (Å²) in [5.41, 5.74) is 2.20. The van der Waals surface area contributed by atoms with Gasteiger partial charge in [-0.2, -0.15) is 0 Å². The van der Waals surface area contributed by atoms with E-state index in [9.17, 15) is 4.79 Å². The van der Waals surface area contributed by atoms with Gasteiger partial charge in [-0.1, -0.05) is 58.7 Å². The highest BCUT2D eigenvalue weighted by molar-refractivity contribution is 7.99. The van der Waals surface area contributed by atoms with E-state index in [2.05, 4.69) is 15.5 Å². The van der Waals surface area contributed by atoms with Crippen molar-refractivity contribution in [1.82, 2.24) is 14.8 Å². The van der Waals surface area contributed by atoms with E-state index in [0.29, 0.717) is 37.5 Å². The van der Waals surface area contributed by atoms with Gasteiger partial charge in [-0.15, -0.1) is 10.2 Å². The van der Waals surface area contributed by atoms with Crippen molar-refractivity contribution in [3.05, 3.63) is 81.8 Å². The van der Waals surface area contributed by atoms with E-state index in [-0.39, 0.29) is 11.7 Å². The molecule has 1 amide bonds. The number of halogens is 3. The quantitative estimate of drug-likeness (QED) is 0.277. The Morgan fingerprint density at radius 2 is 1.79 bits per heavy atom. The first-order chi connectivity index (χ1) is 15.9. The van der Waals surface area contributed by atoms with Gasteiger partial charge in [0, 0.05) is 22.0 Å². The number of hydrogen-bond acceptors (Lipinski definition) is 5. The van der Waals surface area contributed by atoms with E-state index < -0.39 is 0 Å². The van der Waals surface area contributed by atoms with Crippen LogP contribution in [0.15, 0.2) is 71.9 Å². The maximum atomic E-state index is 12.5. The van der Waals surface area contributed by atoms with Crippen LogP contribution in [0.1, 0.15) is 0 Å². The maximum absolute atomic E-state index is 12.5.